The number of nitrogens with one attached hydrogen (secondary N) is 2. The molecule has 1 atom stereocenters. The third-order valence-electron chi connectivity index (χ3n) is 2.56. The van der Waals surface area contributed by atoms with Crippen LogP contribution >= 0.6 is 0 Å². The van der Waals surface area contributed by atoms with Crippen LogP contribution in [-0.4, -0.2) is 37.2 Å². The maximum absolute atomic E-state index is 11.5. The molecular weight excluding hydrogens is 246 g/mol. The molecular formula is C13H27N3O3. The van der Waals surface area contributed by atoms with E-state index < -0.39 is 11.7 Å². The molecule has 0 heterocycles. The maximum Gasteiger partial charge on any atom is 0.407 e. The Balaban J connectivity index is 4.07. The second-order valence-corrected chi connectivity index (χ2v) is 5.98. The Kier molecular flexibility index (Phi) is 7.44. The summed E-state index contributed by atoms with van der Waals surface area (Å²) >= 11 is 0. The van der Waals surface area contributed by atoms with Crippen LogP contribution < -0.4 is 16.4 Å². The van der Waals surface area contributed by atoms with E-state index in [0.717, 1.165) is 0 Å². The molecule has 0 spiro atoms. The molecule has 0 bridgehead atoms. The van der Waals surface area contributed by atoms with E-state index in [1.54, 1.807) is 0 Å². The van der Waals surface area contributed by atoms with Crippen molar-refractivity contribution >= 4 is 12.0 Å². The van der Waals surface area contributed by atoms with Gasteiger partial charge in [0.15, 0.2) is 0 Å². The molecule has 0 aromatic rings. The molecule has 0 radical (unpaired) electrons. The van der Waals surface area contributed by atoms with Crippen molar-refractivity contribution < 1.29 is 14.3 Å². The van der Waals surface area contributed by atoms with Gasteiger partial charge in [-0.25, -0.2) is 4.79 Å². The van der Waals surface area contributed by atoms with Crippen LogP contribution in [0.3, 0.4) is 0 Å². The third kappa shape index (κ3) is 10.3. The van der Waals surface area contributed by atoms with Crippen molar-refractivity contribution in [2.45, 2.75) is 40.2 Å². The van der Waals surface area contributed by atoms with Gasteiger partial charge in [0, 0.05) is 13.1 Å². The topological polar surface area (TPSA) is 93.5 Å². The molecule has 0 aliphatic heterocycles. The third-order valence-corrected chi connectivity index (χ3v) is 2.56. The highest BCUT2D eigenvalue weighted by Crippen LogP contribution is 2.10. The van der Waals surface area contributed by atoms with Gasteiger partial charge in [-0.1, -0.05) is 13.8 Å². The SMILES string of the molecule is CC(C)C(CNCC(N)=O)CNC(=O)OC(C)(C)C. The van der Waals surface area contributed by atoms with Crippen molar-refractivity contribution in [3.63, 3.8) is 0 Å². The molecule has 0 aromatic heterocycles. The highest BCUT2D eigenvalue weighted by Gasteiger charge is 2.19. The fourth-order valence-electron chi connectivity index (χ4n) is 1.45. The number of carbonyl (C=O) groups is 2. The average Bonchev–Trinajstić information content (AvgIpc) is 2.19. The summed E-state index contributed by atoms with van der Waals surface area (Å²) < 4.78 is 5.17. The van der Waals surface area contributed by atoms with E-state index >= 15 is 0 Å². The van der Waals surface area contributed by atoms with Crippen molar-refractivity contribution in [3.05, 3.63) is 0 Å². The smallest absolute Gasteiger partial charge is 0.407 e. The summed E-state index contributed by atoms with van der Waals surface area (Å²) in [6, 6.07) is 0. The monoisotopic (exact) mass is 273 g/mol. The van der Waals surface area contributed by atoms with Crippen LogP contribution in [0.5, 0.6) is 0 Å². The molecule has 1 unspecified atom stereocenters. The average molecular weight is 273 g/mol. The molecule has 19 heavy (non-hydrogen) atoms. The number of hydrogen-bond acceptors (Lipinski definition) is 4. The number of ether oxygens (including phenoxy) is 1. The lowest BCUT2D eigenvalue weighted by atomic mass is 9.96. The normalized spacial score (nSPS) is 13.2. The molecule has 6 nitrogen and oxygen atoms in total. The zero-order valence-corrected chi connectivity index (χ0v) is 12.6. The number of rotatable bonds is 7. The van der Waals surface area contributed by atoms with E-state index in [4.69, 9.17) is 10.5 Å². The summed E-state index contributed by atoms with van der Waals surface area (Å²) in [5.41, 5.74) is 4.56. The van der Waals surface area contributed by atoms with Gasteiger partial charge in [0.1, 0.15) is 5.60 Å². The standard InChI is InChI=1S/C13H27N3O3/c1-9(2)10(6-15-8-11(14)17)7-16-12(18)19-13(3,4)5/h9-10,15H,6-8H2,1-5H3,(H2,14,17)(H,16,18). The van der Waals surface area contributed by atoms with Gasteiger partial charge in [-0.3, -0.25) is 4.79 Å². The van der Waals surface area contributed by atoms with Crippen LogP contribution in [0.25, 0.3) is 0 Å². The predicted octanol–water partition coefficient (Wildman–Crippen LogP) is 0.858. The van der Waals surface area contributed by atoms with Crippen molar-refractivity contribution in [3.8, 4) is 0 Å². The second kappa shape index (κ2) is 7.99. The molecule has 0 saturated carbocycles. The Morgan fingerprint density at radius 2 is 1.79 bits per heavy atom. The van der Waals surface area contributed by atoms with Crippen LogP contribution in [0.4, 0.5) is 4.79 Å². The Morgan fingerprint density at radius 3 is 2.21 bits per heavy atom. The van der Waals surface area contributed by atoms with Crippen molar-refractivity contribution in [2.24, 2.45) is 17.6 Å². The number of carbonyl (C=O) groups excluding carboxylic acids is 2. The fraction of sp³-hybridized carbons (Fsp3) is 0.846. The van der Waals surface area contributed by atoms with Gasteiger partial charge in [0.05, 0.1) is 6.54 Å². The zero-order chi connectivity index (χ0) is 15.1. The number of alkyl carbamates (subject to hydrolysis) is 1. The highest BCUT2D eigenvalue weighted by molar-refractivity contribution is 5.75. The molecule has 0 aliphatic rings. The first kappa shape index (κ1) is 17.7. The molecule has 112 valence electrons. The van der Waals surface area contributed by atoms with Crippen LogP contribution in [0, 0.1) is 11.8 Å². The van der Waals surface area contributed by atoms with Gasteiger partial charge >= 0.3 is 6.09 Å². The predicted molar refractivity (Wildman–Crippen MR) is 74.6 cm³/mol. The summed E-state index contributed by atoms with van der Waals surface area (Å²) in [5, 5.41) is 5.71. The summed E-state index contributed by atoms with van der Waals surface area (Å²) in [4.78, 5) is 22.2. The molecule has 0 aromatic carbocycles. The molecule has 6 heteroatoms. The molecule has 0 fully saturated rings. The first-order chi connectivity index (χ1) is 8.61. The van der Waals surface area contributed by atoms with Crippen LogP contribution in [-0.2, 0) is 9.53 Å². The van der Waals surface area contributed by atoms with E-state index in [0.29, 0.717) is 19.0 Å². The van der Waals surface area contributed by atoms with E-state index in [2.05, 4.69) is 24.5 Å². The summed E-state index contributed by atoms with van der Waals surface area (Å²) in [6.45, 7) is 10.9. The van der Waals surface area contributed by atoms with Crippen LogP contribution in [0.1, 0.15) is 34.6 Å². The van der Waals surface area contributed by atoms with E-state index in [9.17, 15) is 9.59 Å². The fourth-order valence-corrected chi connectivity index (χ4v) is 1.45. The molecule has 0 aliphatic carbocycles. The Bertz CT molecular complexity index is 298. The number of amides is 2. The van der Waals surface area contributed by atoms with Crippen molar-refractivity contribution in [1.29, 1.82) is 0 Å². The lowest BCUT2D eigenvalue weighted by Gasteiger charge is -2.24. The molecule has 2 amide bonds. The minimum atomic E-state index is -0.498. The van der Waals surface area contributed by atoms with E-state index in [1.165, 1.54) is 0 Å². The summed E-state index contributed by atoms with van der Waals surface area (Å²) in [6.07, 6.45) is -0.423. The first-order valence-corrected chi connectivity index (χ1v) is 6.57. The lowest BCUT2D eigenvalue weighted by molar-refractivity contribution is -0.117. The minimum absolute atomic E-state index is 0.148. The summed E-state index contributed by atoms with van der Waals surface area (Å²) in [5.74, 6) is 0.199. The second-order valence-electron chi connectivity index (χ2n) is 5.98. The molecule has 0 rings (SSSR count). The quantitative estimate of drug-likeness (QED) is 0.641. The highest BCUT2D eigenvalue weighted by atomic mass is 16.6. The number of primary amides is 1. The van der Waals surface area contributed by atoms with Gasteiger partial charge in [0.25, 0.3) is 0 Å². The van der Waals surface area contributed by atoms with Gasteiger partial charge in [0.2, 0.25) is 5.91 Å². The largest absolute Gasteiger partial charge is 0.444 e. The summed E-state index contributed by atoms with van der Waals surface area (Å²) in [7, 11) is 0. The van der Waals surface area contributed by atoms with Gasteiger partial charge < -0.3 is 21.1 Å². The van der Waals surface area contributed by atoms with Crippen LogP contribution in [0.2, 0.25) is 0 Å². The first-order valence-electron chi connectivity index (χ1n) is 6.57. The minimum Gasteiger partial charge on any atom is -0.444 e. The Labute approximate surface area is 115 Å². The molecule has 0 saturated heterocycles. The van der Waals surface area contributed by atoms with Gasteiger partial charge in [-0.05, 0) is 32.6 Å². The maximum atomic E-state index is 11.5. The van der Waals surface area contributed by atoms with E-state index in [-0.39, 0.29) is 18.4 Å². The Morgan fingerprint density at radius 1 is 1.21 bits per heavy atom. The van der Waals surface area contributed by atoms with E-state index in [1.807, 2.05) is 20.8 Å². The van der Waals surface area contributed by atoms with Crippen LogP contribution in [0.15, 0.2) is 0 Å². The zero-order valence-electron chi connectivity index (χ0n) is 12.6. The van der Waals surface area contributed by atoms with Gasteiger partial charge in [-0.15, -0.1) is 0 Å². The number of hydrogen-bond donors (Lipinski definition) is 3. The van der Waals surface area contributed by atoms with Crippen molar-refractivity contribution in [2.75, 3.05) is 19.6 Å². The number of nitrogens with two attached hydrogens (primary N) is 1. The Hall–Kier alpha value is -1.30. The molecule has 4 N–H and O–H groups in total. The van der Waals surface area contributed by atoms with Crippen molar-refractivity contribution in [1.82, 2.24) is 10.6 Å². The van der Waals surface area contributed by atoms with Gasteiger partial charge in [-0.2, -0.15) is 0 Å². The lowest BCUT2D eigenvalue weighted by Crippen LogP contribution is -2.41.